The van der Waals surface area contributed by atoms with Crippen LogP contribution in [0.25, 0.3) is 68.6 Å². The molecule has 5 aromatic rings. The molecular weight excluding hydrogens is 508 g/mol. The van der Waals surface area contributed by atoms with Crippen LogP contribution in [0.4, 0.5) is 0 Å². The van der Waals surface area contributed by atoms with E-state index in [0.717, 1.165) is 67.1 Å². The number of aromatic amines is 2. The lowest BCUT2D eigenvalue weighted by atomic mass is 9.98. The van der Waals surface area contributed by atoms with Gasteiger partial charge < -0.3 is 14.7 Å². The second-order valence-corrected chi connectivity index (χ2v) is 9.84. The molecule has 8 bridgehead atoms. The van der Waals surface area contributed by atoms with Crippen molar-refractivity contribution >= 4 is 52.3 Å². The molecule has 0 saturated heterocycles. The van der Waals surface area contributed by atoms with Crippen LogP contribution in [0.2, 0.25) is 0 Å². The van der Waals surface area contributed by atoms with Gasteiger partial charge in [0, 0.05) is 38.8 Å². The van der Waals surface area contributed by atoms with Crippen LogP contribution in [0.15, 0.2) is 91.0 Å². The second kappa shape index (κ2) is 10.2. The average Bonchev–Trinajstić information content (AvgIpc) is 3.81. The van der Waals surface area contributed by atoms with Gasteiger partial charge in [-0.2, -0.15) is 0 Å². The molecule has 0 amide bonds. The molecule has 0 radical (unpaired) electrons. The second-order valence-electron chi connectivity index (χ2n) is 9.84. The van der Waals surface area contributed by atoms with E-state index in [9.17, 15) is 4.79 Å². The summed E-state index contributed by atoms with van der Waals surface area (Å²) >= 11 is 0. The predicted molar refractivity (Wildman–Crippen MR) is 166 cm³/mol. The molecule has 6 nitrogen and oxygen atoms in total. The van der Waals surface area contributed by atoms with Crippen LogP contribution < -0.4 is 0 Å². The maximum absolute atomic E-state index is 12.9. The zero-order valence-electron chi connectivity index (χ0n) is 22.4. The molecule has 0 spiro atoms. The lowest BCUT2D eigenvalue weighted by Gasteiger charge is -2.10. The van der Waals surface area contributed by atoms with Gasteiger partial charge in [-0.3, -0.25) is 0 Å². The molecule has 7 rings (SSSR count). The number of ether oxygens (including phenoxy) is 1. The number of H-pyrrole nitrogens is 2. The first-order chi connectivity index (χ1) is 20.2. The Morgan fingerprint density at radius 1 is 0.683 bits per heavy atom. The topological polar surface area (TPSA) is 83.7 Å². The minimum Gasteiger partial charge on any atom is -0.462 e. The van der Waals surface area contributed by atoms with E-state index >= 15 is 0 Å². The number of nitrogens with one attached hydrogen (secondary N) is 2. The maximum Gasteiger partial charge on any atom is 0.338 e. The van der Waals surface area contributed by atoms with Crippen molar-refractivity contribution < 1.29 is 9.53 Å². The van der Waals surface area contributed by atoms with Crippen molar-refractivity contribution in [3.63, 3.8) is 0 Å². The number of fused-ring (bicyclic) bond motifs is 8. The van der Waals surface area contributed by atoms with E-state index in [1.807, 2.05) is 85.8 Å². The summed E-state index contributed by atoms with van der Waals surface area (Å²) in [6.07, 6.45) is 8.06. The molecule has 0 aliphatic carbocycles. The van der Waals surface area contributed by atoms with E-state index < -0.39 is 0 Å². The Kier molecular flexibility index (Phi) is 6.13. The fourth-order valence-corrected chi connectivity index (χ4v) is 5.35. The molecule has 198 valence electrons. The minimum absolute atomic E-state index is 0.300. The van der Waals surface area contributed by atoms with Crippen LogP contribution in [0.1, 0.15) is 40.1 Å². The van der Waals surface area contributed by atoms with Crippen LogP contribution >= 0.6 is 0 Å². The molecule has 0 atom stereocenters. The van der Waals surface area contributed by atoms with Gasteiger partial charge >= 0.3 is 5.97 Å². The summed E-state index contributed by atoms with van der Waals surface area (Å²) < 4.78 is 5.39. The molecule has 0 fully saturated rings. The van der Waals surface area contributed by atoms with Crippen LogP contribution in [0.3, 0.4) is 0 Å². The number of benzene rings is 2. The zero-order valence-corrected chi connectivity index (χ0v) is 22.4. The van der Waals surface area contributed by atoms with E-state index in [4.69, 9.17) is 14.7 Å². The molecule has 3 aromatic heterocycles. The monoisotopic (exact) mass is 534 g/mol. The highest BCUT2D eigenvalue weighted by atomic mass is 16.5. The van der Waals surface area contributed by atoms with E-state index in [1.54, 1.807) is 6.07 Å². The molecule has 0 saturated carbocycles. The smallest absolute Gasteiger partial charge is 0.338 e. The number of hydrogen-bond acceptors (Lipinski definition) is 4. The van der Waals surface area contributed by atoms with Gasteiger partial charge in [-0.05, 0) is 79.3 Å². The summed E-state index contributed by atoms with van der Waals surface area (Å²) in [5, 5.41) is 0. The van der Waals surface area contributed by atoms with E-state index in [-0.39, 0.29) is 5.97 Å². The predicted octanol–water partition coefficient (Wildman–Crippen LogP) is 8.17. The Morgan fingerprint density at radius 3 is 1.93 bits per heavy atom. The van der Waals surface area contributed by atoms with Crippen molar-refractivity contribution in [1.82, 2.24) is 19.9 Å². The number of nitrogens with zero attached hydrogens (tertiary/aromatic N) is 2. The standard InChI is InChI=1S/C35H26N4O2/c1-2-41-35(40)28-11-7-6-10-27(28)34-31-18-14-25(38-31)20-23-12-16-29(36-23)33(22-8-4-3-5-9-22)30-17-13-24(37-30)21-26-15-19-32(34)39-26/h3-21,36,39H,2H2,1H3. The first-order valence-corrected chi connectivity index (χ1v) is 13.6. The third-order valence-electron chi connectivity index (χ3n) is 7.15. The van der Waals surface area contributed by atoms with Gasteiger partial charge in [0.15, 0.2) is 0 Å². The Hall–Kier alpha value is -5.49. The van der Waals surface area contributed by atoms with Gasteiger partial charge in [0.2, 0.25) is 0 Å². The highest BCUT2D eigenvalue weighted by Crippen LogP contribution is 2.34. The van der Waals surface area contributed by atoms with Crippen LogP contribution in [-0.4, -0.2) is 32.5 Å². The van der Waals surface area contributed by atoms with E-state index in [0.29, 0.717) is 12.2 Å². The molecule has 41 heavy (non-hydrogen) atoms. The fourth-order valence-electron chi connectivity index (χ4n) is 5.35. The largest absolute Gasteiger partial charge is 0.462 e. The van der Waals surface area contributed by atoms with E-state index in [2.05, 4.69) is 40.3 Å². The van der Waals surface area contributed by atoms with Gasteiger partial charge in [0.25, 0.3) is 0 Å². The van der Waals surface area contributed by atoms with Crippen molar-refractivity contribution in [2.24, 2.45) is 0 Å². The van der Waals surface area contributed by atoms with Crippen LogP contribution in [0.5, 0.6) is 0 Å². The first kappa shape index (κ1) is 24.5. The molecule has 2 aliphatic heterocycles. The van der Waals surface area contributed by atoms with Crippen molar-refractivity contribution in [3.8, 4) is 22.3 Å². The number of esters is 1. The lowest BCUT2D eigenvalue weighted by Crippen LogP contribution is -2.06. The molecule has 0 unspecified atom stereocenters. The Labute approximate surface area is 236 Å². The van der Waals surface area contributed by atoms with Crippen LogP contribution in [-0.2, 0) is 4.74 Å². The normalized spacial score (nSPS) is 12.0. The highest BCUT2D eigenvalue weighted by Gasteiger charge is 2.19. The number of carbonyl (C=O) groups excluding carboxylic acids is 1. The summed E-state index contributed by atoms with van der Waals surface area (Å²) in [6, 6.07) is 30.0. The van der Waals surface area contributed by atoms with Crippen molar-refractivity contribution in [3.05, 3.63) is 119 Å². The van der Waals surface area contributed by atoms with Crippen molar-refractivity contribution in [2.75, 3.05) is 6.61 Å². The van der Waals surface area contributed by atoms with Crippen molar-refractivity contribution in [2.45, 2.75) is 6.92 Å². The summed E-state index contributed by atoms with van der Waals surface area (Å²) in [5.74, 6) is -0.364. The lowest BCUT2D eigenvalue weighted by molar-refractivity contribution is 0.0527. The molecule has 5 heterocycles. The SMILES string of the molecule is CCOC(=O)c1ccccc1-c1c2nc(cc3ccc([nH]3)c(-c3ccccc3)c3nc(cc4ccc1[nH]4)C=C3)C=C2. The van der Waals surface area contributed by atoms with Gasteiger partial charge in [-0.1, -0.05) is 48.5 Å². The molecule has 6 heteroatoms. The zero-order chi connectivity index (χ0) is 27.8. The summed E-state index contributed by atoms with van der Waals surface area (Å²) in [4.78, 5) is 30.0. The third kappa shape index (κ3) is 4.66. The Bertz CT molecular complexity index is 2030. The third-order valence-corrected chi connectivity index (χ3v) is 7.15. The number of aromatic nitrogens is 4. The molecular formula is C35H26N4O2. The number of rotatable bonds is 4. The average molecular weight is 535 g/mol. The quantitative estimate of drug-likeness (QED) is 0.223. The molecule has 2 aromatic carbocycles. The number of hydrogen-bond donors (Lipinski definition) is 2. The first-order valence-electron chi connectivity index (χ1n) is 13.6. The van der Waals surface area contributed by atoms with Gasteiger partial charge in [0.1, 0.15) is 0 Å². The Morgan fingerprint density at radius 2 is 1.27 bits per heavy atom. The summed E-state index contributed by atoms with van der Waals surface area (Å²) in [7, 11) is 0. The molecule has 2 N–H and O–H groups in total. The van der Waals surface area contributed by atoms with Crippen LogP contribution in [0, 0.1) is 0 Å². The number of carbonyl (C=O) groups is 1. The summed E-state index contributed by atoms with van der Waals surface area (Å²) in [6.45, 7) is 2.11. The van der Waals surface area contributed by atoms with Gasteiger partial charge in [-0.15, -0.1) is 0 Å². The van der Waals surface area contributed by atoms with Crippen molar-refractivity contribution in [1.29, 1.82) is 0 Å². The highest BCUT2D eigenvalue weighted by molar-refractivity contribution is 6.02. The van der Waals surface area contributed by atoms with Gasteiger partial charge in [-0.25, -0.2) is 14.8 Å². The maximum atomic E-state index is 12.9. The van der Waals surface area contributed by atoms with E-state index in [1.165, 1.54) is 0 Å². The molecule has 2 aliphatic rings. The van der Waals surface area contributed by atoms with Gasteiger partial charge in [0.05, 0.1) is 34.9 Å². The Balaban J connectivity index is 1.55. The fraction of sp³-hybridized carbons (Fsp3) is 0.0571. The minimum atomic E-state index is -0.364. The summed E-state index contributed by atoms with van der Waals surface area (Å²) in [5.41, 5.74) is 11.1.